The monoisotopic (exact) mass is 393 g/mol. The number of esters is 1. The molecule has 1 aromatic heterocycles. The summed E-state index contributed by atoms with van der Waals surface area (Å²) in [5.74, 6) is -1.11. The topological polar surface area (TPSA) is 120 Å². The first kappa shape index (κ1) is 20.7. The van der Waals surface area contributed by atoms with E-state index < -0.39 is 28.0 Å². The van der Waals surface area contributed by atoms with E-state index in [1.54, 1.807) is 6.07 Å². The third kappa shape index (κ3) is 4.75. The summed E-state index contributed by atoms with van der Waals surface area (Å²) in [5, 5.41) is 7.59. The van der Waals surface area contributed by atoms with E-state index in [1.165, 1.54) is 31.2 Å². The molecule has 1 atom stereocenters. The number of ether oxygens (including phenoxy) is 1. The quantitative estimate of drug-likeness (QED) is 0.727. The second-order valence-corrected chi connectivity index (χ2v) is 7.70. The summed E-state index contributed by atoms with van der Waals surface area (Å²) in [4.78, 5) is 24.5. The van der Waals surface area contributed by atoms with E-state index in [1.807, 2.05) is 25.3 Å². The fraction of sp³-hybridized carbons (Fsp3) is 0.333. The molecule has 9 heteroatoms. The van der Waals surface area contributed by atoms with Crippen LogP contribution in [0, 0.1) is 13.8 Å². The number of carbonyl (C=O) groups excluding carboxylic acids is 2. The molecule has 1 heterocycles. The number of rotatable bonds is 6. The van der Waals surface area contributed by atoms with E-state index in [-0.39, 0.29) is 4.90 Å². The fourth-order valence-corrected chi connectivity index (χ4v) is 3.26. The summed E-state index contributed by atoms with van der Waals surface area (Å²) in [6.07, 6.45) is -1.03. The Hall–Kier alpha value is -2.65. The van der Waals surface area contributed by atoms with Gasteiger partial charge < -0.3 is 14.6 Å². The van der Waals surface area contributed by atoms with Crippen molar-refractivity contribution in [3.63, 3.8) is 0 Å². The molecule has 146 valence electrons. The van der Waals surface area contributed by atoms with Gasteiger partial charge in [-0.05, 0) is 58.0 Å². The number of nitrogens with two attached hydrogens (primary N) is 1. The van der Waals surface area contributed by atoms with Crippen LogP contribution in [0.1, 0.15) is 35.6 Å². The molecule has 1 aromatic carbocycles. The van der Waals surface area contributed by atoms with E-state index in [2.05, 4.69) is 5.32 Å². The number of hydrogen-bond acceptors (Lipinski definition) is 5. The van der Waals surface area contributed by atoms with Crippen LogP contribution in [0.5, 0.6) is 0 Å². The maximum Gasteiger partial charge on any atom is 0.340 e. The number of carbonyl (C=O) groups is 2. The highest BCUT2D eigenvalue weighted by molar-refractivity contribution is 7.89. The molecule has 1 amide bonds. The number of amides is 1. The lowest BCUT2D eigenvalue weighted by Gasteiger charge is -2.14. The van der Waals surface area contributed by atoms with Crippen LogP contribution in [0.25, 0.3) is 0 Å². The third-order valence-electron chi connectivity index (χ3n) is 4.21. The van der Waals surface area contributed by atoms with Crippen molar-refractivity contribution in [3.05, 3.63) is 47.3 Å². The highest BCUT2D eigenvalue weighted by Gasteiger charge is 2.22. The van der Waals surface area contributed by atoms with Crippen molar-refractivity contribution in [2.24, 2.45) is 5.14 Å². The van der Waals surface area contributed by atoms with Crippen molar-refractivity contribution in [1.82, 2.24) is 4.57 Å². The van der Waals surface area contributed by atoms with Gasteiger partial charge in [0.05, 0.1) is 10.5 Å². The van der Waals surface area contributed by atoms with Gasteiger partial charge in [-0.1, -0.05) is 0 Å². The SMILES string of the molecule is CCn1c(C)cc(C(=O)OC(C)C(=O)Nc2ccc(S(N)(=O)=O)cc2)c1C. The number of sulfonamides is 1. The molecule has 27 heavy (non-hydrogen) atoms. The van der Waals surface area contributed by atoms with Gasteiger partial charge in [0.15, 0.2) is 6.10 Å². The minimum absolute atomic E-state index is 0.0637. The van der Waals surface area contributed by atoms with E-state index in [0.29, 0.717) is 11.3 Å². The average molecular weight is 393 g/mol. The van der Waals surface area contributed by atoms with Gasteiger partial charge in [-0.3, -0.25) is 4.79 Å². The van der Waals surface area contributed by atoms with E-state index in [4.69, 9.17) is 9.88 Å². The van der Waals surface area contributed by atoms with Gasteiger partial charge in [-0.15, -0.1) is 0 Å². The van der Waals surface area contributed by atoms with Crippen molar-refractivity contribution < 1.29 is 22.7 Å². The Morgan fingerprint density at radius 1 is 1.22 bits per heavy atom. The Morgan fingerprint density at radius 3 is 2.30 bits per heavy atom. The lowest BCUT2D eigenvalue weighted by atomic mass is 10.2. The molecule has 0 aliphatic carbocycles. The number of benzene rings is 1. The van der Waals surface area contributed by atoms with Gasteiger partial charge in [0.2, 0.25) is 10.0 Å². The first-order chi connectivity index (χ1) is 12.5. The number of primary sulfonamides is 1. The molecule has 2 aromatic rings. The molecule has 0 fully saturated rings. The van der Waals surface area contributed by atoms with Gasteiger partial charge in [0.25, 0.3) is 5.91 Å². The maximum absolute atomic E-state index is 12.4. The largest absolute Gasteiger partial charge is 0.449 e. The first-order valence-electron chi connectivity index (χ1n) is 8.36. The number of anilines is 1. The second-order valence-electron chi connectivity index (χ2n) is 6.14. The molecular formula is C18H23N3O5S. The van der Waals surface area contributed by atoms with Gasteiger partial charge in [-0.25, -0.2) is 18.4 Å². The van der Waals surface area contributed by atoms with E-state index >= 15 is 0 Å². The number of nitrogens with zero attached hydrogens (tertiary/aromatic N) is 1. The van der Waals surface area contributed by atoms with Crippen LogP contribution >= 0.6 is 0 Å². The molecular weight excluding hydrogens is 370 g/mol. The summed E-state index contributed by atoms with van der Waals surface area (Å²) in [5.41, 5.74) is 2.51. The zero-order valence-electron chi connectivity index (χ0n) is 15.6. The Labute approximate surface area is 158 Å². The van der Waals surface area contributed by atoms with Crippen molar-refractivity contribution in [1.29, 1.82) is 0 Å². The number of aromatic nitrogens is 1. The molecule has 8 nitrogen and oxygen atoms in total. The Bertz CT molecular complexity index is 962. The number of hydrogen-bond donors (Lipinski definition) is 2. The van der Waals surface area contributed by atoms with E-state index in [9.17, 15) is 18.0 Å². The van der Waals surface area contributed by atoms with Gasteiger partial charge in [0, 0.05) is 23.6 Å². The van der Waals surface area contributed by atoms with Crippen LogP contribution in [0.2, 0.25) is 0 Å². The molecule has 1 unspecified atom stereocenters. The molecule has 0 aliphatic heterocycles. The second kappa shape index (κ2) is 7.93. The molecule has 0 saturated heterocycles. The van der Waals surface area contributed by atoms with Crippen molar-refractivity contribution in [2.45, 2.75) is 45.2 Å². The minimum atomic E-state index is -3.80. The van der Waals surface area contributed by atoms with Crippen molar-refractivity contribution >= 4 is 27.6 Å². The first-order valence-corrected chi connectivity index (χ1v) is 9.90. The van der Waals surface area contributed by atoms with E-state index in [0.717, 1.165) is 17.9 Å². The van der Waals surface area contributed by atoms with Crippen LogP contribution < -0.4 is 10.5 Å². The van der Waals surface area contributed by atoms with Crippen molar-refractivity contribution in [3.8, 4) is 0 Å². The predicted molar refractivity (Wildman–Crippen MR) is 101 cm³/mol. The van der Waals surface area contributed by atoms with Crippen LogP contribution in [-0.2, 0) is 26.1 Å². The fourth-order valence-electron chi connectivity index (χ4n) is 2.74. The van der Waals surface area contributed by atoms with Gasteiger partial charge >= 0.3 is 5.97 Å². The molecule has 0 spiro atoms. The summed E-state index contributed by atoms with van der Waals surface area (Å²) in [6.45, 7) is 7.90. The molecule has 0 saturated carbocycles. The average Bonchev–Trinajstić information content (AvgIpc) is 2.88. The lowest BCUT2D eigenvalue weighted by molar-refractivity contribution is -0.123. The predicted octanol–water partition coefficient (Wildman–Crippen LogP) is 1.96. The summed E-state index contributed by atoms with van der Waals surface area (Å²) >= 11 is 0. The zero-order valence-corrected chi connectivity index (χ0v) is 16.5. The summed E-state index contributed by atoms with van der Waals surface area (Å²) in [7, 11) is -3.80. The zero-order chi connectivity index (χ0) is 20.4. The standard InChI is InChI=1S/C18H23N3O5S/c1-5-21-11(2)10-16(12(21)3)18(23)26-13(4)17(22)20-14-6-8-15(9-7-14)27(19,24)25/h6-10,13H,5H2,1-4H3,(H,20,22)(H2,19,24,25). The highest BCUT2D eigenvalue weighted by atomic mass is 32.2. The van der Waals surface area contributed by atoms with Gasteiger partial charge in [0.1, 0.15) is 0 Å². The molecule has 0 bridgehead atoms. The Balaban J connectivity index is 2.04. The molecule has 0 aliphatic rings. The molecule has 2 rings (SSSR count). The molecule has 3 N–H and O–H groups in total. The summed E-state index contributed by atoms with van der Waals surface area (Å²) in [6, 6.07) is 7.10. The third-order valence-corrected chi connectivity index (χ3v) is 5.14. The smallest absolute Gasteiger partial charge is 0.340 e. The Morgan fingerprint density at radius 2 is 1.81 bits per heavy atom. The van der Waals surface area contributed by atoms with Crippen LogP contribution in [0.15, 0.2) is 35.2 Å². The molecule has 0 radical (unpaired) electrons. The minimum Gasteiger partial charge on any atom is -0.449 e. The van der Waals surface area contributed by atoms with Gasteiger partial charge in [-0.2, -0.15) is 0 Å². The van der Waals surface area contributed by atoms with Crippen LogP contribution in [-0.4, -0.2) is 31.0 Å². The maximum atomic E-state index is 12.4. The highest BCUT2D eigenvalue weighted by Crippen LogP contribution is 2.17. The Kier molecular flexibility index (Phi) is 6.07. The summed E-state index contributed by atoms with van der Waals surface area (Å²) < 4.78 is 29.7. The lowest BCUT2D eigenvalue weighted by Crippen LogP contribution is -2.30. The number of aryl methyl sites for hydroxylation is 1. The van der Waals surface area contributed by atoms with Crippen molar-refractivity contribution in [2.75, 3.05) is 5.32 Å². The van der Waals surface area contributed by atoms with Crippen LogP contribution in [0.4, 0.5) is 5.69 Å². The normalized spacial score (nSPS) is 12.5. The number of nitrogens with one attached hydrogen (secondary N) is 1. The van der Waals surface area contributed by atoms with Crippen LogP contribution in [0.3, 0.4) is 0 Å².